The lowest BCUT2D eigenvalue weighted by Gasteiger charge is -2.17. The Kier molecular flexibility index (Phi) is 5.78. The Bertz CT molecular complexity index is 927. The van der Waals surface area contributed by atoms with Crippen LogP contribution in [0.3, 0.4) is 0 Å². The van der Waals surface area contributed by atoms with Gasteiger partial charge < -0.3 is 0 Å². The van der Waals surface area contributed by atoms with Crippen molar-refractivity contribution in [2.24, 2.45) is 0 Å². The highest BCUT2D eigenvalue weighted by atomic mass is 32.1. The number of benzene rings is 1. The summed E-state index contributed by atoms with van der Waals surface area (Å²) in [5.41, 5.74) is 2.72. The van der Waals surface area contributed by atoms with Crippen LogP contribution in [0.4, 0.5) is 5.13 Å². The van der Waals surface area contributed by atoms with Gasteiger partial charge in [0.05, 0.1) is 17.1 Å². The summed E-state index contributed by atoms with van der Waals surface area (Å²) in [4.78, 5) is 21.2. The minimum absolute atomic E-state index is 0.282. The topological polar surface area (TPSA) is 75.9 Å². The SMILES string of the molecule is Cc1nn(-c2ccccc2)nc1C(=O)Nc1nc(CN2CCCCCC2)cs1. The van der Waals surface area contributed by atoms with Gasteiger partial charge in [-0.2, -0.15) is 9.90 Å². The molecule has 1 fully saturated rings. The van der Waals surface area contributed by atoms with Crippen LogP contribution in [0.5, 0.6) is 0 Å². The van der Waals surface area contributed by atoms with Crippen molar-refractivity contribution in [3.05, 3.63) is 52.8 Å². The first-order valence-corrected chi connectivity index (χ1v) is 10.5. The quantitative estimate of drug-likeness (QED) is 0.712. The molecule has 1 aliphatic heterocycles. The first-order valence-electron chi connectivity index (χ1n) is 9.66. The number of carbonyl (C=O) groups excluding carboxylic acids is 1. The zero-order chi connectivity index (χ0) is 19.3. The number of thiazole rings is 1. The van der Waals surface area contributed by atoms with Gasteiger partial charge in [-0.3, -0.25) is 15.0 Å². The number of nitrogens with zero attached hydrogens (tertiary/aromatic N) is 5. The maximum atomic E-state index is 12.7. The molecule has 0 aliphatic carbocycles. The Morgan fingerprint density at radius 2 is 1.86 bits per heavy atom. The Morgan fingerprint density at radius 1 is 1.11 bits per heavy atom. The van der Waals surface area contributed by atoms with Crippen molar-refractivity contribution in [1.29, 1.82) is 0 Å². The molecular formula is C20H24N6OS. The Hall–Kier alpha value is -2.58. The molecular weight excluding hydrogens is 372 g/mol. The van der Waals surface area contributed by atoms with Crippen LogP contribution >= 0.6 is 11.3 Å². The van der Waals surface area contributed by atoms with Crippen molar-refractivity contribution < 1.29 is 4.79 Å². The van der Waals surface area contributed by atoms with E-state index in [-0.39, 0.29) is 5.91 Å². The average Bonchev–Trinajstić information content (AvgIpc) is 3.21. The smallest absolute Gasteiger partial charge is 0.279 e. The molecule has 146 valence electrons. The highest BCUT2D eigenvalue weighted by Gasteiger charge is 2.18. The molecule has 3 aromatic rings. The number of aryl methyl sites for hydroxylation is 1. The third-order valence-corrected chi connectivity index (χ3v) is 5.65. The minimum atomic E-state index is -0.282. The lowest BCUT2D eigenvalue weighted by Crippen LogP contribution is -2.24. The van der Waals surface area contributed by atoms with Crippen LogP contribution in [-0.4, -0.2) is 43.9 Å². The van der Waals surface area contributed by atoms with E-state index in [0.717, 1.165) is 31.0 Å². The molecule has 8 heteroatoms. The van der Waals surface area contributed by atoms with Crippen LogP contribution in [0.25, 0.3) is 5.69 Å². The number of rotatable bonds is 5. The first kappa shape index (κ1) is 18.8. The van der Waals surface area contributed by atoms with Gasteiger partial charge in [0.25, 0.3) is 5.91 Å². The second-order valence-electron chi connectivity index (χ2n) is 7.05. The van der Waals surface area contributed by atoms with Crippen molar-refractivity contribution in [3.8, 4) is 5.69 Å². The first-order chi connectivity index (χ1) is 13.7. The predicted octanol–water partition coefficient (Wildman–Crippen LogP) is 3.66. The van der Waals surface area contributed by atoms with Gasteiger partial charge in [0.15, 0.2) is 10.8 Å². The summed E-state index contributed by atoms with van der Waals surface area (Å²) in [7, 11) is 0. The number of anilines is 1. The summed E-state index contributed by atoms with van der Waals surface area (Å²) >= 11 is 1.45. The third-order valence-electron chi connectivity index (χ3n) is 4.84. The van der Waals surface area contributed by atoms with Crippen LogP contribution in [0.1, 0.15) is 47.6 Å². The monoisotopic (exact) mass is 396 g/mol. The molecule has 0 spiro atoms. The van der Waals surface area contributed by atoms with Crippen LogP contribution < -0.4 is 5.32 Å². The lowest BCUT2D eigenvalue weighted by atomic mass is 10.2. The molecule has 7 nitrogen and oxygen atoms in total. The van der Waals surface area contributed by atoms with Crippen molar-refractivity contribution in [3.63, 3.8) is 0 Å². The molecule has 1 amide bonds. The summed E-state index contributed by atoms with van der Waals surface area (Å²) in [6, 6.07) is 9.55. The molecule has 0 atom stereocenters. The molecule has 2 aromatic heterocycles. The molecule has 1 saturated heterocycles. The lowest BCUT2D eigenvalue weighted by molar-refractivity contribution is 0.102. The van der Waals surface area contributed by atoms with Crippen molar-refractivity contribution >= 4 is 22.4 Å². The van der Waals surface area contributed by atoms with Crippen molar-refractivity contribution in [1.82, 2.24) is 24.9 Å². The van der Waals surface area contributed by atoms with E-state index >= 15 is 0 Å². The molecule has 0 unspecified atom stereocenters. The Labute approximate surface area is 168 Å². The van der Waals surface area contributed by atoms with Gasteiger partial charge in [0.2, 0.25) is 0 Å². The number of hydrogen-bond acceptors (Lipinski definition) is 6. The van der Waals surface area contributed by atoms with E-state index in [2.05, 4.69) is 25.4 Å². The number of hydrogen-bond donors (Lipinski definition) is 1. The van der Waals surface area contributed by atoms with Gasteiger partial charge in [-0.05, 0) is 45.0 Å². The summed E-state index contributed by atoms with van der Waals surface area (Å²) in [5, 5.41) is 14.2. The Balaban J connectivity index is 1.41. The zero-order valence-electron chi connectivity index (χ0n) is 16.0. The van der Waals surface area contributed by atoms with Gasteiger partial charge in [-0.1, -0.05) is 31.0 Å². The number of aromatic nitrogens is 4. The number of para-hydroxylation sites is 1. The number of carbonyl (C=O) groups is 1. The highest BCUT2D eigenvalue weighted by Crippen LogP contribution is 2.20. The number of nitrogens with one attached hydrogen (secondary N) is 1. The molecule has 0 radical (unpaired) electrons. The van der Waals surface area contributed by atoms with E-state index in [1.54, 1.807) is 6.92 Å². The standard InChI is InChI=1S/C20H24N6OS/c1-15-18(24-26(23-15)17-9-5-4-6-10-17)19(27)22-20-21-16(14-28-20)13-25-11-7-2-3-8-12-25/h4-6,9-10,14H,2-3,7-8,11-13H2,1H3,(H,21,22,27). The Morgan fingerprint density at radius 3 is 2.61 bits per heavy atom. The molecule has 0 bridgehead atoms. The molecule has 4 rings (SSSR count). The maximum Gasteiger partial charge on any atom is 0.279 e. The minimum Gasteiger partial charge on any atom is -0.297 e. The third kappa shape index (κ3) is 4.45. The average molecular weight is 397 g/mol. The van der Waals surface area contributed by atoms with Gasteiger partial charge >= 0.3 is 0 Å². The molecule has 1 N–H and O–H groups in total. The van der Waals surface area contributed by atoms with E-state index in [9.17, 15) is 4.79 Å². The van der Waals surface area contributed by atoms with E-state index in [4.69, 9.17) is 0 Å². The fourth-order valence-corrected chi connectivity index (χ4v) is 4.08. The van der Waals surface area contributed by atoms with Crippen LogP contribution in [0.15, 0.2) is 35.7 Å². The highest BCUT2D eigenvalue weighted by molar-refractivity contribution is 7.13. The van der Waals surface area contributed by atoms with Crippen LogP contribution in [0.2, 0.25) is 0 Å². The van der Waals surface area contributed by atoms with Gasteiger partial charge in [-0.25, -0.2) is 4.98 Å². The maximum absolute atomic E-state index is 12.7. The summed E-state index contributed by atoms with van der Waals surface area (Å²) in [6.07, 6.45) is 5.14. The van der Waals surface area contributed by atoms with E-state index in [0.29, 0.717) is 16.5 Å². The molecule has 28 heavy (non-hydrogen) atoms. The van der Waals surface area contributed by atoms with Crippen LogP contribution in [-0.2, 0) is 6.54 Å². The summed E-state index contributed by atoms with van der Waals surface area (Å²) in [6.45, 7) is 4.88. The second-order valence-corrected chi connectivity index (χ2v) is 7.91. The summed E-state index contributed by atoms with van der Waals surface area (Å²) < 4.78 is 0. The van der Waals surface area contributed by atoms with Crippen molar-refractivity contribution in [2.45, 2.75) is 39.2 Å². The number of likely N-dealkylation sites (tertiary alicyclic amines) is 1. The molecule has 1 aromatic carbocycles. The van der Waals surface area contributed by atoms with E-state index in [1.807, 2.05) is 35.7 Å². The molecule has 1 aliphatic rings. The fraction of sp³-hybridized carbons (Fsp3) is 0.400. The molecule has 3 heterocycles. The largest absolute Gasteiger partial charge is 0.297 e. The fourth-order valence-electron chi connectivity index (χ4n) is 3.38. The van der Waals surface area contributed by atoms with Gasteiger partial charge in [0.1, 0.15) is 0 Å². The predicted molar refractivity (Wildman–Crippen MR) is 110 cm³/mol. The molecule has 0 saturated carbocycles. The summed E-state index contributed by atoms with van der Waals surface area (Å²) in [5.74, 6) is -0.282. The van der Waals surface area contributed by atoms with Gasteiger partial charge in [0, 0.05) is 11.9 Å². The number of amides is 1. The van der Waals surface area contributed by atoms with Gasteiger partial charge in [-0.15, -0.1) is 16.4 Å². The second kappa shape index (κ2) is 8.62. The zero-order valence-corrected chi connectivity index (χ0v) is 16.8. The normalized spacial score (nSPS) is 15.3. The van der Waals surface area contributed by atoms with E-state index < -0.39 is 0 Å². The van der Waals surface area contributed by atoms with Crippen LogP contribution in [0, 0.1) is 6.92 Å². The van der Waals surface area contributed by atoms with Crippen molar-refractivity contribution in [2.75, 3.05) is 18.4 Å². The van der Waals surface area contributed by atoms with E-state index in [1.165, 1.54) is 41.8 Å².